The van der Waals surface area contributed by atoms with Gasteiger partial charge in [-0.1, -0.05) is 49.1 Å². The minimum atomic E-state index is -1.12. The molecule has 0 aliphatic rings. The predicted molar refractivity (Wildman–Crippen MR) is 60.1 cm³/mol. The molecule has 0 heterocycles. The summed E-state index contributed by atoms with van der Waals surface area (Å²) in [6, 6.07) is 8.80. The van der Waals surface area contributed by atoms with Crippen molar-refractivity contribution in [2.75, 3.05) is 7.11 Å². The Morgan fingerprint density at radius 3 is 2.00 bits per heavy atom. The maximum absolute atomic E-state index is 5.06. The Labute approximate surface area is 81.8 Å². The zero-order chi connectivity index (χ0) is 9.90. The monoisotopic (exact) mass is 194 g/mol. The first kappa shape index (κ1) is 10.5. The van der Waals surface area contributed by atoms with Crippen molar-refractivity contribution in [3.63, 3.8) is 0 Å². The van der Waals surface area contributed by atoms with Crippen molar-refractivity contribution >= 4 is 13.3 Å². The summed E-state index contributed by atoms with van der Waals surface area (Å²) in [5.41, 5.74) is 1.25. The maximum Gasteiger partial charge on any atom is 0.0775 e. The maximum atomic E-state index is 5.06. The topological polar surface area (TPSA) is 9.23 Å². The summed E-state index contributed by atoms with van der Waals surface area (Å²) in [6.07, 6.45) is 0. The number of rotatable bonds is 3. The fourth-order valence-electron chi connectivity index (χ4n) is 1.27. The Bertz CT molecular complexity index is 258. The van der Waals surface area contributed by atoms with Gasteiger partial charge in [-0.2, -0.15) is 0 Å². The summed E-state index contributed by atoms with van der Waals surface area (Å²) in [4.78, 5) is 0. The summed E-state index contributed by atoms with van der Waals surface area (Å²) in [5.74, 6) is 0. The van der Waals surface area contributed by atoms with E-state index in [4.69, 9.17) is 4.74 Å². The van der Waals surface area contributed by atoms with Crippen molar-refractivity contribution in [1.82, 2.24) is 0 Å². The van der Waals surface area contributed by atoms with Crippen LogP contribution < -0.4 is 5.19 Å². The number of ether oxygens (including phenoxy) is 1. The summed E-state index contributed by atoms with van der Waals surface area (Å²) in [5, 5.41) is 1.51. The third-order valence-corrected chi connectivity index (χ3v) is 4.20. The molecule has 0 spiro atoms. The highest BCUT2D eigenvalue weighted by Crippen LogP contribution is 2.05. The molecule has 0 atom stereocenters. The zero-order valence-corrected chi connectivity index (χ0v) is 9.92. The van der Waals surface area contributed by atoms with Crippen LogP contribution >= 0.6 is 0 Å². The van der Waals surface area contributed by atoms with Gasteiger partial charge < -0.3 is 4.74 Å². The Hall–Kier alpha value is -0.603. The molecular weight excluding hydrogens is 176 g/mol. The van der Waals surface area contributed by atoms with Gasteiger partial charge in [0.05, 0.1) is 14.7 Å². The highest BCUT2D eigenvalue weighted by atomic mass is 28.3. The molecule has 0 aromatic heterocycles. The molecule has 2 heteroatoms. The molecule has 0 saturated carbocycles. The van der Waals surface area contributed by atoms with Gasteiger partial charge in [0.25, 0.3) is 0 Å². The van der Waals surface area contributed by atoms with E-state index in [1.807, 2.05) is 0 Å². The van der Waals surface area contributed by atoms with E-state index in [2.05, 4.69) is 43.9 Å². The van der Waals surface area contributed by atoms with Crippen molar-refractivity contribution in [1.29, 1.82) is 0 Å². The van der Waals surface area contributed by atoms with E-state index >= 15 is 0 Å². The smallest absolute Gasteiger partial charge is 0.0775 e. The summed E-state index contributed by atoms with van der Waals surface area (Å²) < 4.78 is 5.06. The van der Waals surface area contributed by atoms with Gasteiger partial charge in [-0.05, 0) is 5.56 Å². The van der Waals surface area contributed by atoms with Crippen LogP contribution in [0.3, 0.4) is 0 Å². The Kier molecular flexibility index (Phi) is 3.28. The third kappa shape index (κ3) is 2.97. The minimum absolute atomic E-state index is 0.714. The van der Waals surface area contributed by atoms with Gasteiger partial charge in [0.15, 0.2) is 0 Å². The number of benzene rings is 1. The van der Waals surface area contributed by atoms with Crippen LogP contribution in [0.25, 0.3) is 0 Å². The lowest BCUT2D eigenvalue weighted by atomic mass is 10.2. The van der Waals surface area contributed by atoms with Crippen molar-refractivity contribution in [2.45, 2.75) is 26.2 Å². The van der Waals surface area contributed by atoms with Crippen molar-refractivity contribution in [3.8, 4) is 0 Å². The molecule has 0 bridgehead atoms. The summed E-state index contributed by atoms with van der Waals surface area (Å²) >= 11 is 0. The molecule has 0 aliphatic carbocycles. The van der Waals surface area contributed by atoms with Gasteiger partial charge in [-0.3, -0.25) is 0 Å². The molecule has 72 valence electrons. The third-order valence-electron chi connectivity index (χ3n) is 2.13. The van der Waals surface area contributed by atoms with E-state index in [0.29, 0.717) is 6.61 Å². The van der Waals surface area contributed by atoms with E-state index in [1.54, 1.807) is 7.11 Å². The Morgan fingerprint density at radius 2 is 1.62 bits per heavy atom. The minimum Gasteiger partial charge on any atom is -0.380 e. The number of methoxy groups -OCH3 is 1. The second-order valence-corrected chi connectivity index (χ2v) is 9.46. The van der Waals surface area contributed by atoms with E-state index in [9.17, 15) is 0 Å². The summed E-state index contributed by atoms with van der Waals surface area (Å²) in [7, 11) is 0.609. The lowest BCUT2D eigenvalue weighted by Gasteiger charge is -2.16. The first-order chi connectivity index (χ1) is 6.04. The molecule has 1 aromatic carbocycles. The molecule has 0 radical (unpaired) electrons. The first-order valence-corrected chi connectivity index (χ1v) is 8.12. The fraction of sp³-hybridized carbons (Fsp3) is 0.455. The SMILES string of the molecule is COCc1ccc([Si](C)(C)C)cc1. The molecule has 1 aromatic rings. The fourth-order valence-corrected chi connectivity index (χ4v) is 2.43. The van der Waals surface area contributed by atoms with Gasteiger partial charge in [-0.25, -0.2) is 0 Å². The van der Waals surface area contributed by atoms with Crippen molar-refractivity contribution in [2.24, 2.45) is 0 Å². The molecule has 0 amide bonds. The largest absolute Gasteiger partial charge is 0.380 e. The average molecular weight is 194 g/mol. The Balaban J connectivity index is 2.81. The quantitative estimate of drug-likeness (QED) is 0.671. The first-order valence-electron chi connectivity index (χ1n) is 4.62. The molecule has 1 rings (SSSR count). The van der Waals surface area contributed by atoms with Crippen LogP contribution in [0.2, 0.25) is 19.6 Å². The normalized spacial score (nSPS) is 11.7. The van der Waals surface area contributed by atoms with Gasteiger partial charge >= 0.3 is 0 Å². The highest BCUT2D eigenvalue weighted by molar-refractivity contribution is 6.88. The van der Waals surface area contributed by atoms with E-state index in [-0.39, 0.29) is 0 Å². The van der Waals surface area contributed by atoms with Crippen LogP contribution in [-0.4, -0.2) is 15.2 Å². The molecule has 13 heavy (non-hydrogen) atoms. The number of hydrogen-bond acceptors (Lipinski definition) is 1. The molecular formula is C11H18OSi. The highest BCUT2D eigenvalue weighted by Gasteiger charge is 2.15. The van der Waals surface area contributed by atoms with Crippen LogP contribution in [0, 0.1) is 0 Å². The van der Waals surface area contributed by atoms with Gasteiger partial charge in [0, 0.05) is 7.11 Å². The second-order valence-electron chi connectivity index (χ2n) is 4.38. The van der Waals surface area contributed by atoms with Crippen LogP contribution in [0.5, 0.6) is 0 Å². The molecule has 1 nitrogen and oxygen atoms in total. The zero-order valence-electron chi connectivity index (χ0n) is 8.92. The second kappa shape index (κ2) is 4.07. The lowest BCUT2D eigenvalue weighted by molar-refractivity contribution is 0.185. The van der Waals surface area contributed by atoms with E-state index in [1.165, 1.54) is 10.8 Å². The lowest BCUT2D eigenvalue weighted by Crippen LogP contribution is -2.37. The molecule has 0 unspecified atom stereocenters. The van der Waals surface area contributed by atoms with Crippen LogP contribution in [-0.2, 0) is 11.3 Å². The van der Waals surface area contributed by atoms with E-state index < -0.39 is 8.07 Å². The number of hydrogen-bond donors (Lipinski definition) is 0. The standard InChI is InChI=1S/C11H18OSi/c1-12-9-10-5-7-11(8-6-10)13(2,3)4/h5-8H,9H2,1-4H3. The van der Waals surface area contributed by atoms with Crippen molar-refractivity contribution in [3.05, 3.63) is 29.8 Å². The van der Waals surface area contributed by atoms with Gasteiger partial charge in [-0.15, -0.1) is 0 Å². The molecule has 0 fully saturated rings. The summed E-state index contributed by atoms with van der Waals surface area (Å²) in [6.45, 7) is 7.79. The van der Waals surface area contributed by atoms with E-state index in [0.717, 1.165) is 0 Å². The molecule has 0 aliphatic heterocycles. The Morgan fingerprint density at radius 1 is 1.08 bits per heavy atom. The van der Waals surface area contributed by atoms with Crippen LogP contribution in [0.15, 0.2) is 24.3 Å². The average Bonchev–Trinajstić information content (AvgIpc) is 2.04. The van der Waals surface area contributed by atoms with Crippen molar-refractivity contribution < 1.29 is 4.74 Å². The predicted octanol–water partition coefficient (Wildman–Crippen LogP) is 2.38. The van der Waals surface area contributed by atoms with Crippen LogP contribution in [0.1, 0.15) is 5.56 Å². The molecule has 0 N–H and O–H groups in total. The van der Waals surface area contributed by atoms with Crippen LogP contribution in [0.4, 0.5) is 0 Å². The van der Waals surface area contributed by atoms with Gasteiger partial charge in [0.1, 0.15) is 0 Å². The molecule has 0 saturated heterocycles. The van der Waals surface area contributed by atoms with Gasteiger partial charge in [0.2, 0.25) is 0 Å².